The molecular weight excluding hydrogens is 582 g/mol. The third-order valence-corrected chi connectivity index (χ3v) is 9.89. The van der Waals surface area contributed by atoms with Gasteiger partial charge in [0.1, 0.15) is 17.4 Å². The molecule has 2 bridgehead atoms. The highest BCUT2D eigenvalue weighted by Gasteiger charge is 2.79. The minimum Gasteiger partial charge on any atom is -0.494 e. The summed E-state index contributed by atoms with van der Waals surface area (Å²) in [5, 5.41) is 10.8. The van der Waals surface area contributed by atoms with Gasteiger partial charge < -0.3 is 29.3 Å². The number of fused-ring (bicyclic) bond motifs is 1. The highest BCUT2D eigenvalue weighted by molar-refractivity contribution is 6.03. The number of aliphatic hydroxyl groups is 1. The third-order valence-electron chi connectivity index (χ3n) is 9.89. The normalized spacial score (nSPS) is 26.8. The molecule has 3 amide bonds. The summed E-state index contributed by atoms with van der Waals surface area (Å²) in [6.45, 7) is 14.8. The molecule has 3 aliphatic heterocycles. The molecule has 0 aliphatic carbocycles. The minimum atomic E-state index is -1.23. The van der Waals surface area contributed by atoms with E-state index < -0.39 is 35.1 Å². The number of unbranched alkanes of at least 4 members (excludes halogenated alkanes) is 1. The number of carbonyl (C=O) groups is 3. The van der Waals surface area contributed by atoms with Crippen LogP contribution in [-0.2, 0) is 19.1 Å². The van der Waals surface area contributed by atoms with Crippen molar-refractivity contribution in [3.63, 3.8) is 0 Å². The molecule has 3 aliphatic rings. The fourth-order valence-corrected chi connectivity index (χ4v) is 7.86. The van der Waals surface area contributed by atoms with E-state index in [9.17, 15) is 19.5 Å². The van der Waals surface area contributed by atoms with Crippen LogP contribution in [-0.4, -0.2) is 82.7 Å². The third kappa shape index (κ3) is 5.64. The molecule has 3 heterocycles. The fraction of sp³-hybridized carbons (Fsp3) is 0.486. The van der Waals surface area contributed by atoms with Gasteiger partial charge in [0.05, 0.1) is 36.7 Å². The number of likely N-dealkylation sites (tertiary alicyclic amines) is 1. The molecule has 0 saturated carbocycles. The van der Waals surface area contributed by atoms with E-state index >= 15 is 0 Å². The first-order valence-corrected chi connectivity index (χ1v) is 16.4. The molecule has 46 heavy (non-hydrogen) atoms. The van der Waals surface area contributed by atoms with Crippen molar-refractivity contribution in [1.82, 2.24) is 9.80 Å². The van der Waals surface area contributed by atoms with E-state index in [1.54, 1.807) is 22.0 Å². The molecule has 2 aromatic rings. The average Bonchev–Trinajstić information content (AvgIpc) is 3.63. The number of rotatable bonds is 15. The van der Waals surface area contributed by atoms with Crippen LogP contribution in [0, 0.1) is 11.8 Å². The summed E-state index contributed by atoms with van der Waals surface area (Å²) in [6, 6.07) is 14.7. The molecule has 1 spiro atoms. The van der Waals surface area contributed by atoms with E-state index in [0.717, 1.165) is 12.8 Å². The second kappa shape index (κ2) is 13.8. The van der Waals surface area contributed by atoms with Gasteiger partial charge in [-0.05, 0) is 62.9 Å². The maximum Gasteiger partial charge on any atom is 0.248 e. The molecule has 0 aromatic heterocycles. The minimum absolute atomic E-state index is 0.229. The Labute approximate surface area is 272 Å². The van der Waals surface area contributed by atoms with Gasteiger partial charge >= 0.3 is 0 Å². The van der Waals surface area contributed by atoms with Gasteiger partial charge in [0.15, 0.2) is 0 Å². The number of ether oxygens (including phenoxy) is 2. The lowest BCUT2D eigenvalue weighted by atomic mass is 9.66. The lowest BCUT2D eigenvalue weighted by molar-refractivity contribution is -0.154. The second-order valence-electron chi connectivity index (χ2n) is 12.7. The molecule has 1 N–H and O–H groups in total. The zero-order chi connectivity index (χ0) is 33.1. The molecule has 9 nitrogen and oxygen atoms in total. The largest absolute Gasteiger partial charge is 0.494 e. The number of hydrogen-bond acceptors (Lipinski definition) is 6. The van der Waals surface area contributed by atoms with Crippen LogP contribution in [0.1, 0.15) is 58.1 Å². The first-order valence-electron chi connectivity index (χ1n) is 16.4. The molecule has 0 radical (unpaired) electrons. The van der Waals surface area contributed by atoms with E-state index in [0.29, 0.717) is 49.5 Å². The van der Waals surface area contributed by atoms with Crippen molar-refractivity contribution >= 4 is 23.4 Å². The van der Waals surface area contributed by atoms with E-state index in [2.05, 4.69) is 20.1 Å². The quantitative estimate of drug-likeness (QED) is 0.281. The zero-order valence-electron chi connectivity index (χ0n) is 27.3. The fourth-order valence-electron chi connectivity index (χ4n) is 7.86. The highest BCUT2D eigenvalue weighted by atomic mass is 16.5. The first kappa shape index (κ1) is 33.4. The number of hydrogen-bond donors (Lipinski definition) is 1. The number of amides is 3. The van der Waals surface area contributed by atoms with Crippen LogP contribution in [0.3, 0.4) is 0 Å². The van der Waals surface area contributed by atoms with Crippen molar-refractivity contribution in [2.24, 2.45) is 11.8 Å². The van der Waals surface area contributed by atoms with Gasteiger partial charge in [-0.3, -0.25) is 14.4 Å². The molecular formula is C37H47N3O6. The van der Waals surface area contributed by atoms with Crippen LogP contribution in [0.2, 0.25) is 0 Å². The van der Waals surface area contributed by atoms with E-state index in [-0.39, 0.29) is 30.9 Å². The lowest BCUT2D eigenvalue weighted by Gasteiger charge is -2.39. The Bertz CT molecular complexity index is 1430. The van der Waals surface area contributed by atoms with Gasteiger partial charge in [-0.1, -0.05) is 55.8 Å². The van der Waals surface area contributed by atoms with Crippen LogP contribution in [0.4, 0.5) is 5.69 Å². The Morgan fingerprint density at radius 1 is 1.07 bits per heavy atom. The van der Waals surface area contributed by atoms with Crippen molar-refractivity contribution < 1.29 is 29.0 Å². The molecule has 9 heteroatoms. The van der Waals surface area contributed by atoms with Crippen LogP contribution >= 0.6 is 0 Å². The van der Waals surface area contributed by atoms with Crippen molar-refractivity contribution in [3.05, 3.63) is 85.5 Å². The second-order valence-corrected chi connectivity index (χ2v) is 12.7. The molecule has 6 atom stereocenters. The van der Waals surface area contributed by atoms with Gasteiger partial charge in [0, 0.05) is 25.3 Å². The van der Waals surface area contributed by atoms with Gasteiger partial charge in [-0.15, -0.1) is 13.2 Å². The number of nitrogens with zero attached hydrogens (tertiary/aromatic N) is 3. The summed E-state index contributed by atoms with van der Waals surface area (Å²) in [4.78, 5) is 49.2. The topological polar surface area (TPSA) is 99.6 Å². The summed E-state index contributed by atoms with van der Waals surface area (Å²) in [5.74, 6) is -1.91. The van der Waals surface area contributed by atoms with E-state index in [1.165, 1.54) is 4.90 Å². The lowest BCUT2D eigenvalue weighted by Crippen LogP contribution is -2.57. The van der Waals surface area contributed by atoms with Crippen LogP contribution < -0.4 is 9.64 Å². The summed E-state index contributed by atoms with van der Waals surface area (Å²) in [7, 11) is 0. The maximum atomic E-state index is 14.9. The molecule has 3 fully saturated rings. The predicted molar refractivity (Wildman–Crippen MR) is 177 cm³/mol. The molecule has 2 unspecified atom stereocenters. The maximum absolute atomic E-state index is 14.9. The number of benzene rings is 2. The van der Waals surface area contributed by atoms with Crippen molar-refractivity contribution in [2.45, 2.75) is 69.7 Å². The molecule has 3 saturated heterocycles. The first-order chi connectivity index (χ1) is 22.2. The highest BCUT2D eigenvalue weighted by Crippen LogP contribution is 2.64. The average molecular weight is 630 g/mol. The van der Waals surface area contributed by atoms with Gasteiger partial charge in [0.25, 0.3) is 0 Å². The Morgan fingerprint density at radius 3 is 2.37 bits per heavy atom. The molecule has 5 rings (SSSR count). The number of aliphatic hydroxyl groups excluding tert-OH is 1. The van der Waals surface area contributed by atoms with Gasteiger partial charge in [-0.2, -0.15) is 0 Å². The summed E-state index contributed by atoms with van der Waals surface area (Å²) < 4.78 is 12.5. The van der Waals surface area contributed by atoms with Gasteiger partial charge in [0.2, 0.25) is 17.7 Å². The van der Waals surface area contributed by atoms with Crippen LogP contribution in [0.25, 0.3) is 0 Å². The molecule has 2 aromatic carbocycles. The van der Waals surface area contributed by atoms with Crippen LogP contribution in [0.15, 0.2) is 79.9 Å². The number of anilines is 1. The van der Waals surface area contributed by atoms with E-state index in [4.69, 9.17) is 9.47 Å². The van der Waals surface area contributed by atoms with Crippen molar-refractivity contribution in [2.75, 3.05) is 37.7 Å². The summed E-state index contributed by atoms with van der Waals surface area (Å²) in [5.41, 5.74) is -0.822. The number of carbonyl (C=O) groups excluding carboxylic acids is 3. The smallest absolute Gasteiger partial charge is 0.248 e. The summed E-state index contributed by atoms with van der Waals surface area (Å²) in [6.07, 6.45) is 5.99. The van der Waals surface area contributed by atoms with Crippen molar-refractivity contribution in [3.8, 4) is 5.75 Å². The summed E-state index contributed by atoms with van der Waals surface area (Å²) >= 11 is 0. The monoisotopic (exact) mass is 629 g/mol. The SMILES string of the molecule is C=CCN(CCCC)C(=O)C1N([C@H](CO)c2ccccc2)C(=O)[C@@H]2[C@@H](C(=O)N(CC=C)c3ccc(OCC)cc3)[C@@]3(C)CCC12O3. The Hall–Kier alpha value is -3.95. The molecule has 246 valence electrons. The Kier molecular flexibility index (Phi) is 10.0. The predicted octanol–water partition coefficient (Wildman–Crippen LogP) is 4.92. The van der Waals surface area contributed by atoms with Crippen LogP contribution in [0.5, 0.6) is 5.75 Å². The van der Waals surface area contributed by atoms with E-state index in [1.807, 2.05) is 68.4 Å². The Morgan fingerprint density at radius 2 is 1.76 bits per heavy atom. The van der Waals surface area contributed by atoms with Crippen molar-refractivity contribution in [1.29, 1.82) is 0 Å². The van der Waals surface area contributed by atoms with Gasteiger partial charge in [-0.25, -0.2) is 0 Å². The zero-order valence-corrected chi connectivity index (χ0v) is 27.3. The Balaban J connectivity index is 1.61. The standard InChI is InChI=1S/C37H47N3O6/c1-6-10-24-38(22-7-2)35(44)32-37-21-20-36(5,46-37)30(31(37)34(43)40(32)29(25-41)26-14-12-11-13-15-26)33(42)39(23-8-3)27-16-18-28(19-17-27)45-9-4/h7-8,11-19,29-32,41H,2-3,6,9-10,20-25H2,1,4-5H3/t29-,30+,31+,32?,36-,37?/m1/s1.